The van der Waals surface area contributed by atoms with Crippen LogP contribution in [0.5, 0.6) is 5.75 Å². The highest BCUT2D eigenvalue weighted by Gasteiger charge is 2.35. The van der Waals surface area contributed by atoms with Crippen LogP contribution < -0.4 is 10.1 Å². The van der Waals surface area contributed by atoms with Crippen LogP contribution in [0.25, 0.3) is 6.08 Å². The molecular formula is C21H18N2O6S. The van der Waals surface area contributed by atoms with E-state index in [0.29, 0.717) is 5.75 Å². The number of benzene rings is 2. The molecule has 0 bridgehead atoms. The maximum absolute atomic E-state index is 12.5. The Balaban J connectivity index is 1.62. The number of aromatic carboxylic acids is 1. The highest BCUT2D eigenvalue weighted by molar-refractivity contribution is 8.18. The van der Waals surface area contributed by atoms with E-state index in [2.05, 4.69) is 5.32 Å². The van der Waals surface area contributed by atoms with Gasteiger partial charge in [0.15, 0.2) is 0 Å². The lowest BCUT2D eigenvalue weighted by atomic mass is 10.1. The van der Waals surface area contributed by atoms with Gasteiger partial charge in [-0.15, -0.1) is 0 Å². The molecule has 0 aromatic heterocycles. The molecule has 2 N–H and O–H groups in total. The predicted octanol–water partition coefficient (Wildman–Crippen LogP) is 3.46. The van der Waals surface area contributed by atoms with Crippen molar-refractivity contribution in [2.45, 2.75) is 6.42 Å². The first-order chi connectivity index (χ1) is 14.4. The van der Waals surface area contributed by atoms with Crippen molar-refractivity contribution in [1.82, 2.24) is 4.90 Å². The van der Waals surface area contributed by atoms with E-state index >= 15 is 0 Å². The SMILES string of the molecule is COc1ccc(/C=C2\SC(=O)N(CCC(=O)Nc3ccccc3C(=O)O)C2=O)cc1. The number of para-hydroxylation sites is 1. The van der Waals surface area contributed by atoms with Crippen LogP contribution in [0.15, 0.2) is 53.4 Å². The van der Waals surface area contributed by atoms with Crippen LogP contribution in [0.3, 0.4) is 0 Å². The first kappa shape index (κ1) is 21.1. The van der Waals surface area contributed by atoms with Crippen LogP contribution in [-0.4, -0.2) is 46.7 Å². The van der Waals surface area contributed by atoms with Crippen LogP contribution in [0.1, 0.15) is 22.3 Å². The number of carbonyl (C=O) groups is 4. The number of carboxylic acids is 1. The van der Waals surface area contributed by atoms with Gasteiger partial charge in [-0.2, -0.15) is 0 Å². The number of nitrogens with one attached hydrogen (secondary N) is 1. The van der Waals surface area contributed by atoms with Crippen molar-refractivity contribution in [2.75, 3.05) is 19.0 Å². The monoisotopic (exact) mass is 426 g/mol. The summed E-state index contributed by atoms with van der Waals surface area (Å²) in [7, 11) is 1.55. The second kappa shape index (κ2) is 9.27. The van der Waals surface area contributed by atoms with E-state index in [4.69, 9.17) is 9.84 Å². The predicted molar refractivity (Wildman–Crippen MR) is 112 cm³/mol. The summed E-state index contributed by atoms with van der Waals surface area (Å²) >= 11 is 0.806. The van der Waals surface area contributed by atoms with Gasteiger partial charge in [-0.1, -0.05) is 24.3 Å². The summed E-state index contributed by atoms with van der Waals surface area (Å²) in [6, 6.07) is 13.0. The van der Waals surface area contributed by atoms with Crippen molar-refractivity contribution in [3.8, 4) is 5.75 Å². The number of amides is 3. The topological polar surface area (TPSA) is 113 Å². The fraction of sp³-hybridized carbons (Fsp3) is 0.143. The van der Waals surface area contributed by atoms with Crippen LogP contribution in [-0.2, 0) is 9.59 Å². The van der Waals surface area contributed by atoms with Gasteiger partial charge in [0.1, 0.15) is 5.75 Å². The van der Waals surface area contributed by atoms with E-state index in [-0.39, 0.29) is 29.1 Å². The number of thioether (sulfide) groups is 1. The molecule has 1 saturated heterocycles. The lowest BCUT2D eigenvalue weighted by molar-refractivity contribution is -0.123. The number of methoxy groups -OCH3 is 1. The van der Waals surface area contributed by atoms with Gasteiger partial charge in [0.05, 0.1) is 23.3 Å². The molecular weight excluding hydrogens is 408 g/mol. The smallest absolute Gasteiger partial charge is 0.337 e. The van der Waals surface area contributed by atoms with E-state index in [1.807, 2.05) is 0 Å². The molecule has 154 valence electrons. The molecule has 8 nitrogen and oxygen atoms in total. The molecule has 1 aliphatic heterocycles. The standard InChI is InChI=1S/C21H18N2O6S/c1-29-14-8-6-13(7-9-14)12-17-19(25)23(21(28)30-17)11-10-18(24)22-16-5-3-2-4-15(16)20(26)27/h2-9,12H,10-11H2,1H3,(H,22,24)(H,26,27)/b17-12-. The van der Waals surface area contributed by atoms with E-state index < -0.39 is 23.0 Å². The Kier molecular flexibility index (Phi) is 6.53. The quantitative estimate of drug-likeness (QED) is 0.652. The number of carbonyl (C=O) groups excluding carboxylic acids is 3. The van der Waals surface area contributed by atoms with Gasteiger partial charge in [0.2, 0.25) is 5.91 Å². The molecule has 0 unspecified atom stereocenters. The number of rotatable bonds is 7. The summed E-state index contributed by atoms with van der Waals surface area (Å²) in [5, 5.41) is 11.2. The summed E-state index contributed by atoms with van der Waals surface area (Å²) in [6.45, 7) is -0.105. The Hall–Kier alpha value is -3.59. The summed E-state index contributed by atoms with van der Waals surface area (Å²) < 4.78 is 5.09. The van der Waals surface area contributed by atoms with E-state index in [1.54, 1.807) is 49.6 Å². The summed E-state index contributed by atoms with van der Waals surface area (Å²) in [6.07, 6.45) is 1.45. The molecule has 1 aliphatic rings. The highest BCUT2D eigenvalue weighted by atomic mass is 32.2. The Bertz CT molecular complexity index is 1030. The fourth-order valence-electron chi connectivity index (χ4n) is 2.75. The van der Waals surface area contributed by atoms with Gasteiger partial charge >= 0.3 is 5.97 Å². The molecule has 1 heterocycles. The Morgan fingerprint density at radius 2 is 1.83 bits per heavy atom. The van der Waals surface area contributed by atoms with E-state index in [1.165, 1.54) is 12.1 Å². The van der Waals surface area contributed by atoms with Crippen LogP contribution in [0.2, 0.25) is 0 Å². The Labute approximate surface area is 176 Å². The van der Waals surface area contributed by atoms with E-state index in [9.17, 15) is 19.2 Å². The number of carboxylic acid groups (broad SMARTS) is 1. The molecule has 3 amide bonds. The zero-order valence-electron chi connectivity index (χ0n) is 16.0. The maximum Gasteiger partial charge on any atom is 0.337 e. The average molecular weight is 426 g/mol. The molecule has 30 heavy (non-hydrogen) atoms. The minimum Gasteiger partial charge on any atom is -0.497 e. The van der Waals surface area contributed by atoms with Gasteiger partial charge in [0, 0.05) is 13.0 Å². The van der Waals surface area contributed by atoms with Gasteiger partial charge in [-0.3, -0.25) is 19.3 Å². The first-order valence-corrected chi connectivity index (χ1v) is 9.72. The molecule has 1 fully saturated rings. The molecule has 0 radical (unpaired) electrons. The third-order valence-corrected chi connectivity index (χ3v) is 5.19. The second-order valence-corrected chi connectivity index (χ2v) is 7.25. The number of anilines is 1. The Morgan fingerprint density at radius 3 is 2.50 bits per heavy atom. The lowest BCUT2D eigenvalue weighted by Gasteiger charge is -2.13. The van der Waals surface area contributed by atoms with Crippen molar-refractivity contribution < 1.29 is 29.0 Å². The highest BCUT2D eigenvalue weighted by Crippen LogP contribution is 2.32. The third-order valence-electron chi connectivity index (χ3n) is 4.28. The average Bonchev–Trinajstić information content (AvgIpc) is 2.99. The normalized spacial score (nSPS) is 14.8. The first-order valence-electron chi connectivity index (χ1n) is 8.90. The molecule has 2 aromatic carbocycles. The van der Waals surface area contributed by atoms with Crippen molar-refractivity contribution in [3.63, 3.8) is 0 Å². The van der Waals surface area contributed by atoms with Crippen molar-refractivity contribution in [3.05, 3.63) is 64.6 Å². The van der Waals surface area contributed by atoms with Crippen LogP contribution in [0, 0.1) is 0 Å². The van der Waals surface area contributed by atoms with Crippen molar-refractivity contribution in [1.29, 1.82) is 0 Å². The summed E-state index contributed by atoms with van der Waals surface area (Å²) in [4.78, 5) is 49.4. The van der Waals surface area contributed by atoms with Crippen molar-refractivity contribution >= 4 is 46.5 Å². The largest absolute Gasteiger partial charge is 0.497 e. The molecule has 3 rings (SSSR count). The summed E-state index contributed by atoms with van der Waals surface area (Å²) in [5.41, 5.74) is 0.854. The van der Waals surface area contributed by atoms with E-state index in [0.717, 1.165) is 22.2 Å². The molecule has 2 aromatic rings. The number of nitrogens with zero attached hydrogens (tertiary/aromatic N) is 1. The van der Waals surface area contributed by atoms with Crippen molar-refractivity contribution in [2.24, 2.45) is 0 Å². The summed E-state index contributed by atoms with van der Waals surface area (Å²) in [5.74, 6) is -1.46. The lowest BCUT2D eigenvalue weighted by Crippen LogP contribution is -2.31. The Morgan fingerprint density at radius 1 is 1.13 bits per heavy atom. The van der Waals surface area contributed by atoms with Gasteiger partial charge in [-0.25, -0.2) is 4.79 Å². The molecule has 9 heteroatoms. The third kappa shape index (κ3) is 4.87. The zero-order valence-corrected chi connectivity index (χ0v) is 16.8. The minimum absolute atomic E-state index is 0.0422. The van der Waals surface area contributed by atoms with Crippen LogP contribution >= 0.6 is 11.8 Å². The van der Waals surface area contributed by atoms with Gasteiger partial charge in [0.25, 0.3) is 11.1 Å². The number of hydrogen-bond donors (Lipinski definition) is 2. The second-order valence-electron chi connectivity index (χ2n) is 6.26. The maximum atomic E-state index is 12.5. The number of ether oxygens (including phenoxy) is 1. The van der Waals surface area contributed by atoms with Crippen LogP contribution in [0.4, 0.5) is 10.5 Å². The number of imide groups is 1. The van der Waals surface area contributed by atoms with Gasteiger partial charge in [-0.05, 0) is 47.7 Å². The minimum atomic E-state index is -1.17. The molecule has 0 atom stereocenters. The molecule has 0 saturated carbocycles. The molecule has 0 spiro atoms. The number of hydrogen-bond acceptors (Lipinski definition) is 6. The fourth-order valence-corrected chi connectivity index (χ4v) is 3.61. The zero-order chi connectivity index (χ0) is 21.7. The molecule has 0 aliphatic carbocycles. The van der Waals surface area contributed by atoms with Gasteiger partial charge < -0.3 is 15.2 Å².